The molecule has 0 bridgehead atoms. The highest BCUT2D eigenvalue weighted by Gasteiger charge is 2.18. The van der Waals surface area contributed by atoms with Crippen molar-refractivity contribution in [3.05, 3.63) is 29.3 Å². The van der Waals surface area contributed by atoms with Gasteiger partial charge in [0.25, 0.3) is 0 Å². The predicted molar refractivity (Wildman–Crippen MR) is 90.5 cm³/mol. The summed E-state index contributed by atoms with van der Waals surface area (Å²) in [7, 11) is 0. The smallest absolute Gasteiger partial charge is 0.227 e. The number of amides is 1. The van der Waals surface area contributed by atoms with Gasteiger partial charge in [-0.05, 0) is 29.0 Å². The zero-order chi connectivity index (χ0) is 16.1. The molecule has 122 valence electrons. The van der Waals surface area contributed by atoms with E-state index in [4.69, 9.17) is 4.74 Å². The summed E-state index contributed by atoms with van der Waals surface area (Å²) in [6.45, 7) is 11.0. The van der Waals surface area contributed by atoms with Gasteiger partial charge in [0.15, 0.2) is 0 Å². The molecule has 0 aromatic heterocycles. The highest BCUT2D eigenvalue weighted by Crippen LogP contribution is 2.28. The topological polar surface area (TPSA) is 50.4 Å². The normalized spacial score (nSPS) is 18.7. The molecule has 1 unspecified atom stereocenters. The van der Waals surface area contributed by atoms with E-state index in [9.17, 15) is 4.79 Å². The molecule has 1 atom stereocenters. The standard InChI is InChI=1S/C18H28N2O2/c1-12(2)14-5-6-17(16(9-14)13(3)4)20-18(21)10-15-11-19-7-8-22-15/h5-6,9,12-13,15,19H,7-8,10-11H2,1-4H3,(H,20,21). The molecule has 1 aromatic carbocycles. The van der Waals surface area contributed by atoms with Crippen molar-refractivity contribution >= 4 is 11.6 Å². The molecular formula is C18H28N2O2. The van der Waals surface area contributed by atoms with E-state index in [2.05, 4.69) is 50.5 Å². The Morgan fingerprint density at radius 3 is 2.68 bits per heavy atom. The van der Waals surface area contributed by atoms with E-state index in [1.165, 1.54) is 11.1 Å². The van der Waals surface area contributed by atoms with E-state index >= 15 is 0 Å². The molecule has 1 amide bonds. The van der Waals surface area contributed by atoms with Gasteiger partial charge in [-0.3, -0.25) is 4.79 Å². The van der Waals surface area contributed by atoms with E-state index < -0.39 is 0 Å². The number of benzene rings is 1. The predicted octanol–water partition coefficient (Wildman–Crippen LogP) is 3.25. The fourth-order valence-corrected chi connectivity index (χ4v) is 2.69. The second-order valence-electron chi connectivity index (χ2n) is 6.61. The monoisotopic (exact) mass is 304 g/mol. The summed E-state index contributed by atoms with van der Waals surface area (Å²) < 4.78 is 5.59. The Morgan fingerprint density at radius 1 is 1.32 bits per heavy atom. The molecule has 0 saturated carbocycles. The van der Waals surface area contributed by atoms with E-state index in [-0.39, 0.29) is 12.0 Å². The highest BCUT2D eigenvalue weighted by atomic mass is 16.5. The van der Waals surface area contributed by atoms with E-state index in [1.807, 2.05) is 6.07 Å². The Kier molecular flexibility index (Phi) is 5.98. The fourth-order valence-electron chi connectivity index (χ4n) is 2.69. The van der Waals surface area contributed by atoms with Gasteiger partial charge in [0.05, 0.1) is 19.1 Å². The molecule has 1 aromatic rings. The Hall–Kier alpha value is -1.39. The fraction of sp³-hybridized carbons (Fsp3) is 0.611. The number of hydrogen-bond acceptors (Lipinski definition) is 3. The summed E-state index contributed by atoms with van der Waals surface area (Å²) >= 11 is 0. The van der Waals surface area contributed by atoms with Gasteiger partial charge < -0.3 is 15.4 Å². The number of anilines is 1. The number of nitrogens with one attached hydrogen (secondary N) is 2. The maximum Gasteiger partial charge on any atom is 0.227 e. The molecule has 1 aliphatic heterocycles. The Bertz CT molecular complexity index is 506. The zero-order valence-electron chi connectivity index (χ0n) is 14.1. The van der Waals surface area contributed by atoms with Gasteiger partial charge in [-0.15, -0.1) is 0 Å². The lowest BCUT2D eigenvalue weighted by Crippen LogP contribution is -2.40. The van der Waals surface area contributed by atoms with Crippen LogP contribution in [0.15, 0.2) is 18.2 Å². The number of carbonyl (C=O) groups excluding carboxylic acids is 1. The van der Waals surface area contributed by atoms with Crippen LogP contribution in [0.2, 0.25) is 0 Å². The van der Waals surface area contributed by atoms with Crippen molar-refractivity contribution in [2.24, 2.45) is 0 Å². The van der Waals surface area contributed by atoms with Gasteiger partial charge in [-0.2, -0.15) is 0 Å². The van der Waals surface area contributed by atoms with Gasteiger partial charge in [-0.25, -0.2) is 0 Å². The van der Waals surface area contributed by atoms with Crippen molar-refractivity contribution < 1.29 is 9.53 Å². The second kappa shape index (κ2) is 7.75. The molecule has 0 spiro atoms. The van der Waals surface area contributed by atoms with Crippen LogP contribution in [0.3, 0.4) is 0 Å². The lowest BCUT2D eigenvalue weighted by molar-refractivity contribution is -0.119. The minimum absolute atomic E-state index is 0.0212. The molecule has 1 aliphatic rings. The van der Waals surface area contributed by atoms with Gasteiger partial charge in [0.2, 0.25) is 5.91 Å². The maximum atomic E-state index is 12.3. The van der Waals surface area contributed by atoms with Gasteiger partial charge in [0, 0.05) is 18.8 Å². The molecule has 1 fully saturated rings. The molecule has 22 heavy (non-hydrogen) atoms. The van der Waals surface area contributed by atoms with E-state index in [1.54, 1.807) is 0 Å². The van der Waals surface area contributed by atoms with Crippen LogP contribution < -0.4 is 10.6 Å². The van der Waals surface area contributed by atoms with Crippen LogP contribution in [-0.2, 0) is 9.53 Å². The van der Waals surface area contributed by atoms with Crippen molar-refractivity contribution in [3.63, 3.8) is 0 Å². The maximum absolute atomic E-state index is 12.3. The summed E-state index contributed by atoms with van der Waals surface area (Å²) in [4.78, 5) is 12.3. The van der Waals surface area contributed by atoms with Crippen LogP contribution in [-0.4, -0.2) is 31.7 Å². The van der Waals surface area contributed by atoms with Crippen molar-refractivity contribution in [2.75, 3.05) is 25.0 Å². The first-order chi connectivity index (χ1) is 10.5. The lowest BCUT2D eigenvalue weighted by atomic mass is 9.94. The number of morpholine rings is 1. The molecular weight excluding hydrogens is 276 g/mol. The third-order valence-corrected chi connectivity index (χ3v) is 4.06. The SMILES string of the molecule is CC(C)c1ccc(NC(=O)CC2CNCCO2)c(C(C)C)c1. The molecule has 1 heterocycles. The van der Waals surface area contributed by atoms with Crippen LogP contribution in [0.25, 0.3) is 0 Å². The molecule has 1 saturated heterocycles. The Balaban J connectivity index is 2.05. The average molecular weight is 304 g/mol. The average Bonchev–Trinajstić information content (AvgIpc) is 2.48. The summed E-state index contributed by atoms with van der Waals surface area (Å²) in [6.07, 6.45) is 0.377. The van der Waals surface area contributed by atoms with Crippen LogP contribution in [0.5, 0.6) is 0 Å². The van der Waals surface area contributed by atoms with Crippen molar-refractivity contribution in [3.8, 4) is 0 Å². The highest BCUT2D eigenvalue weighted by molar-refractivity contribution is 5.92. The first kappa shape index (κ1) is 17.0. The van der Waals surface area contributed by atoms with E-state index in [0.717, 1.165) is 18.8 Å². The lowest BCUT2D eigenvalue weighted by Gasteiger charge is -2.23. The van der Waals surface area contributed by atoms with E-state index in [0.29, 0.717) is 24.9 Å². The zero-order valence-corrected chi connectivity index (χ0v) is 14.1. The minimum Gasteiger partial charge on any atom is -0.375 e. The van der Waals surface area contributed by atoms with Crippen molar-refractivity contribution in [1.82, 2.24) is 5.32 Å². The number of rotatable bonds is 5. The third-order valence-electron chi connectivity index (χ3n) is 4.06. The number of ether oxygens (including phenoxy) is 1. The largest absolute Gasteiger partial charge is 0.375 e. The van der Waals surface area contributed by atoms with Crippen LogP contribution >= 0.6 is 0 Å². The summed E-state index contributed by atoms with van der Waals surface area (Å²) in [5, 5.41) is 6.31. The summed E-state index contributed by atoms with van der Waals surface area (Å²) in [6, 6.07) is 6.34. The number of carbonyl (C=O) groups is 1. The molecule has 2 N–H and O–H groups in total. The molecule has 2 rings (SSSR count). The van der Waals surface area contributed by atoms with Crippen molar-refractivity contribution in [2.45, 2.75) is 52.1 Å². The summed E-state index contributed by atoms with van der Waals surface area (Å²) in [5.41, 5.74) is 3.43. The molecule has 4 nitrogen and oxygen atoms in total. The van der Waals surface area contributed by atoms with Gasteiger partial charge in [0.1, 0.15) is 0 Å². The summed E-state index contributed by atoms with van der Waals surface area (Å²) in [5.74, 6) is 0.887. The minimum atomic E-state index is -0.0220. The number of hydrogen-bond donors (Lipinski definition) is 2. The quantitative estimate of drug-likeness (QED) is 0.878. The van der Waals surface area contributed by atoms with Crippen LogP contribution in [0.1, 0.15) is 57.1 Å². The van der Waals surface area contributed by atoms with Gasteiger partial charge in [-0.1, -0.05) is 39.8 Å². The van der Waals surface area contributed by atoms with Crippen LogP contribution in [0.4, 0.5) is 5.69 Å². The Morgan fingerprint density at radius 2 is 2.09 bits per heavy atom. The molecule has 0 aliphatic carbocycles. The molecule has 4 heteroatoms. The Labute approximate surface area is 133 Å². The van der Waals surface area contributed by atoms with Crippen LogP contribution in [0, 0.1) is 0 Å². The third kappa shape index (κ3) is 4.55. The first-order valence-electron chi connectivity index (χ1n) is 8.23. The van der Waals surface area contributed by atoms with Gasteiger partial charge >= 0.3 is 0 Å². The molecule has 0 radical (unpaired) electrons. The first-order valence-corrected chi connectivity index (χ1v) is 8.23. The second-order valence-corrected chi connectivity index (χ2v) is 6.61. The van der Waals surface area contributed by atoms with Crippen molar-refractivity contribution in [1.29, 1.82) is 0 Å².